The maximum absolute atomic E-state index is 11.2. The highest BCUT2D eigenvalue weighted by Crippen LogP contribution is 2.25. The molecule has 6 heteroatoms. The number of rotatable bonds is 4. The van der Waals surface area contributed by atoms with E-state index < -0.39 is 5.97 Å². The van der Waals surface area contributed by atoms with Gasteiger partial charge < -0.3 is 10.4 Å². The average molecular weight is 282 g/mol. The van der Waals surface area contributed by atoms with Crippen LogP contribution in [0.2, 0.25) is 0 Å². The molecule has 2 aromatic heterocycles. The molecule has 2 heterocycles. The van der Waals surface area contributed by atoms with E-state index in [1.54, 1.807) is 16.9 Å². The maximum atomic E-state index is 11.2. The van der Waals surface area contributed by atoms with Gasteiger partial charge in [-0.05, 0) is 18.4 Å². The molecule has 0 aliphatic heterocycles. The second-order valence-electron chi connectivity index (χ2n) is 4.59. The van der Waals surface area contributed by atoms with Crippen LogP contribution in [0.4, 0.5) is 11.5 Å². The zero-order chi connectivity index (χ0) is 14.8. The van der Waals surface area contributed by atoms with Crippen LogP contribution < -0.4 is 5.32 Å². The first-order valence-corrected chi connectivity index (χ1v) is 6.60. The summed E-state index contributed by atoms with van der Waals surface area (Å²) >= 11 is 0. The van der Waals surface area contributed by atoms with Crippen molar-refractivity contribution in [3.63, 3.8) is 0 Å². The normalized spacial score (nSPS) is 10.7. The molecule has 2 N–H and O–H groups in total. The number of aromatic carboxylic acids is 1. The molecule has 0 radical (unpaired) electrons. The number of carboxylic acids is 1. The zero-order valence-electron chi connectivity index (χ0n) is 11.4. The van der Waals surface area contributed by atoms with Crippen LogP contribution in [0.25, 0.3) is 10.8 Å². The summed E-state index contributed by atoms with van der Waals surface area (Å²) < 4.78 is 1.78. The van der Waals surface area contributed by atoms with Crippen LogP contribution in [-0.2, 0) is 6.54 Å². The Hall–Kier alpha value is -2.89. The Kier molecular flexibility index (Phi) is 3.27. The fourth-order valence-electron chi connectivity index (χ4n) is 2.14. The average Bonchev–Trinajstić information content (AvgIpc) is 2.94. The van der Waals surface area contributed by atoms with Crippen LogP contribution in [0.15, 0.2) is 42.7 Å². The smallest absolute Gasteiger partial charge is 0.354 e. The van der Waals surface area contributed by atoms with E-state index in [-0.39, 0.29) is 5.69 Å². The van der Waals surface area contributed by atoms with Crippen molar-refractivity contribution in [2.75, 3.05) is 5.32 Å². The van der Waals surface area contributed by atoms with E-state index in [9.17, 15) is 9.90 Å². The third-order valence-electron chi connectivity index (χ3n) is 3.18. The first-order chi connectivity index (χ1) is 10.2. The number of carboxylic acid groups (broad SMARTS) is 1. The topological polar surface area (TPSA) is 80.0 Å². The second kappa shape index (κ2) is 5.24. The van der Waals surface area contributed by atoms with E-state index in [1.807, 2.05) is 37.4 Å². The van der Waals surface area contributed by atoms with Gasteiger partial charge in [-0.2, -0.15) is 5.10 Å². The molecule has 0 unspecified atom stereocenters. The number of fused-ring (bicyclic) bond motifs is 1. The number of aryl methyl sites for hydroxylation is 1. The molecular weight excluding hydrogens is 268 g/mol. The number of nitrogens with one attached hydrogen (secondary N) is 1. The third kappa shape index (κ3) is 2.55. The fraction of sp³-hybridized carbons (Fsp3) is 0.133. The van der Waals surface area contributed by atoms with Crippen molar-refractivity contribution in [1.82, 2.24) is 14.8 Å². The highest BCUT2D eigenvalue weighted by molar-refractivity contribution is 5.98. The molecule has 1 aromatic carbocycles. The summed E-state index contributed by atoms with van der Waals surface area (Å²) in [5, 5.41) is 18.2. The number of benzene rings is 1. The van der Waals surface area contributed by atoms with Crippen LogP contribution in [0.5, 0.6) is 0 Å². The molecule has 0 fully saturated rings. The molecule has 0 saturated carbocycles. The quantitative estimate of drug-likeness (QED) is 0.769. The number of hydrogen-bond donors (Lipinski definition) is 2. The maximum Gasteiger partial charge on any atom is 0.354 e. The van der Waals surface area contributed by atoms with Gasteiger partial charge in [-0.1, -0.05) is 24.3 Å². The Morgan fingerprint density at radius 1 is 1.38 bits per heavy atom. The predicted molar refractivity (Wildman–Crippen MR) is 79.9 cm³/mol. The minimum Gasteiger partial charge on any atom is -0.477 e. The van der Waals surface area contributed by atoms with Crippen LogP contribution in [0.1, 0.15) is 17.4 Å². The van der Waals surface area contributed by atoms with Crippen LogP contribution in [0, 0.1) is 0 Å². The molecule has 0 aliphatic rings. The molecule has 6 nitrogen and oxygen atoms in total. The van der Waals surface area contributed by atoms with Crippen molar-refractivity contribution in [3.8, 4) is 0 Å². The number of nitrogens with zero attached hydrogens (tertiary/aromatic N) is 3. The number of anilines is 2. The minimum absolute atomic E-state index is 0.0130. The van der Waals surface area contributed by atoms with Gasteiger partial charge in [0.2, 0.25) is 0 Å². The molecule has 0 spiro atoms. The van der Waals surface area contributed by atoms with Gasteiger partial charge in [0, 0.05) is 18.1 Å². The Balaban J connectivity index is 2.09. The predicted octanol–water partition coefficient (Wildman–Crippen LogP) is 2.89. The van der Waals surface area contributed by atoms with Gasteiger partial charge in [0.05, 0.1) is 11.9 Å². The van der Waals surface area contributed by atoms with Crippen molar-refractivity contribution in [1.29, 1.82) is 0 Å². The molecular formula is C15H14N4O2. The summed E-state index contributed by atoms with van der Waals surface area (Å²) in [6.45, 7) is 2.76. The lowest BCUT2D eigenvalue weighted by Crippen LogP contribution is -2.03. The summed E-state index contributed by atoms with van der Waals surface area (Å²) in [5.41, 5.74) is 0.788. The van der Waals surface area contributed by atoms with Crippen molar-refractivity contribution in [2.24, 2.45) is 0 Å². The first kappa shape index (κ1) is 13.1. The van der Waals surface area contributed by atoms with Crippen molar-refractivity contribution in [2.45, 2.75) is 13.5 Å². The summed E-state index contributed by atoms with van der Waals surface area (Å²) in [6, 6.07) is 9.10. The Morgan fingerprint density at radius 2 is 2.19 bits per heavy atom. The van der Waals surface area contributed by atoms with Gasteiger partial charge in [-0.25, -0.2) is 9.78 Å². The van der Waals surface area contributed by atoms with Crippen LogP contribution >= 0.6 is 0 Å². The Labute approximate surface area is 121 Å². The van der Waals surface area contributed by atoms with Crippen LogP contribution in [0.3, 0.4) is 0 Å². The van der Waals surface area contributed by atoms with Gasteiger partial charge in [-0.3, -0.25) is 4.68 Å². The van der Waals surface area contributed by atoms with Crippen molar-refractivity contribution >= 4 is 28.2 Å². The van der Waals surface area contributed by atoms with Crippen LogP contribution in [-0.4, -0.2) is 25.8 Å². The largest absolute Gasteiger partial charge is 0.477 e. The number of pyridine rings is 1. The number of aromatic nitrogens is 3. The summed E-state index contributed by atoms with van der Waals surface area (Å²) in [5.74, 6) is -0.533. The summed E-state index contributed by atoms with van der Waals surface area (Å²) in [6.07, 6.45) is 3.54. The Bertz CT molecular complexity index is 810. The third-order valence-corrected chi connectivity index (χ3v) is 3.18. The highest BCUT2D eigenvalue weighted by atomic mass is 16.4. The summed E-state index contributed by atoms with van der Waals surface area (Å²) in [7, 11) is 0. The number of carbonyl (C=O) groups is 1. The monoisotopic (exact) mass is 282 g/mol. The molecule has 3 rings (SSSR count). The second-order valence-corrected chi connectivity index (χ2v) is 4.59. The minimum atomic E-state index is -1.05. The SMILES string of the molecule is CCn1cc(Nc2nc(C(=O)O)cc3ccccc23)cn1. The van der Waals surface area contributed by atoms with Crippen molar-refractivity contribution in [3.05, 3.63) is 48.4 Å². The van der Waals surface area contributed by atoms with E-state index >= 15 is 0 Å². The van der Waals surface area contributed by atoms with Gasteiger partial charge >= 0.3 is 5.97 Å². The van der Waals surface area contributed by atoms with Gasteiger partial charge in [0.25, 0.3) is 0 Å². The molecule has 0 atom stereocenters. The Morgan fingerprint density at radius 3 is 2.90 bits per heavy atom. The number of hydrogen-bond acceptors (Lipinski definition) is 4. The van der Waals surface area contributed by atoms with Crippen molar-refractivity contribution < 1.29 is 9.90 Å². The summed E-state index contributed by atoms with van der Waals surface area (Å²) in [4.78, 5) is 15.4. The fourth-order valence-corrected chi connectivity index (χ4v) is 2.14. The molecule has 106 valence electrons. The van der Waals surface area contributed by atoms with E-state index in [2.05, 4.69) is 15.4 Å². The molecule has 0 aliphatic carbocycles. The zero-order valence-corrected chi connectivity index (χ0v) is 11.4. The lowest BCUT2D eigenvalue weighted by Gasteiger charge is -2.08. The molecule has 0 saturated heterocycles. The lowest BCUT2D eigenvalue weighted by molar-refractivity contribution is 0.0691. The molecule has 0 bridgehead atoms. The molecule has 21 heavy (non-hydrogen) atoms. The first-order valence-electron chi connectivity index (χ1n) is 6.60. The lowest BCUT2D eigenvalue weighted by atomic mass is 10.1. The van der Waals surface area contributed by atoms with Gasteiger partial charge in [-0.15, -0.1) is 0 Å². The molecule has 0 amide bonds. The highest BCUT2D eigenvalue weighted by Gasteiger charge is 2.11. The standard InChI is InChI=1S/C15H14N4O2/c1-2-19-9-11(8-16-19)17-14-12-6-4-3-5-10(12)7-13(18-14)15(20)21/h3-9H,2H2,1H3,(H,17,18)(H,20,21). The van der Waals surface area contributed by atoms with Gasteiger partial charge in [0.15, 0.2) is 5.69 Å². The van der Waals surface area contributed by atoms with E-state index in [1.165, 1.54) is 0 Å². The van der Waals surface area contributed by atoms with E-state index in [0.29, 0.717) is 5.82 Å². The van der Waals surface area contributed by atoms with E-state index in [4.69, 9.17) is 0 Å². The van der Waals surface area contributed by atoms with E-state index in [0.717, 1.165) is 23.0 Å². The van der Waals surface area contributed by atoms with Gasteiger partial charge in [0.1, 0.15) is 5.82 Å². The molecule has 3 aromatic rings.